The van der Waals surface area contributed by atoms with Crippen LogP contribution in [-0.4, -0.2) is 43.8 Å². The van der Waals surface area contributed by atoms with Crippen LogP contribution in [0.15, 0.2) is 71.6 Å². The van der Waals surface area contributed by atoms with Gasteiger partial charge in [-0.3, -0.25) is 13.9 Å². The third-order valence-corrected chi connectivity index (χ3v) is 10.4. The van der Waals surface area contributed by atoms with Gasteiger partial charge in [0.05, 0.1) is 20.6 Å². The summed E-state index contributed by atoms with van der Waals surface area (Å²) in [6.45, 7) is 2.92. The second-order valence-electron chi connectivity index (χ2n) is 10.6. The Morgan fingerprint density at radius 1 is 0.905 bits per heavy atom. The molecule has 1 unspecified atom stereocenters. The Balaban J connectivity index is 1.70. The van der Waals surface area contributed by atoms with Gasteiger partial charge in [0.15, 0.2) is 0 Å². The van der Waals surface area contributed by atoms with Gasteiger partial charge in [-0.1, -0.05) is 90.0 Å². The first kappa shape index (κ1) is 32.1. The molecule has 3 aromatic carbocycles. The molecule has 0 heterocycles. The van der Waals surface area contributed by atoms with Crippen LogP contribution in [0.2, 0.25) is 15.1 Å². The fourth-order valence-corrected chi connectivity index (χ4v) is 6.86. The lowest BCUT2D eigenvalue weighted by Gasteiger charge is -2.33. The van der Waals surface area contributed by atoms with Gasteiger partial charge < -0.3 is 10.2 Å². The van der Waals surface area contributed by atoms with Gasteiger partial charge in [-0.2, -0.15) is 0 Å². The fourth-order valence-electron chi connectivity index (χ4n) is 4.97. The molecule has 224 valence electrons. The number of amides is 2. The van der Waals surface area contributed by atoms with Crippen molar-refractivity contribution in [2.45, 2.75) is 69.5 Å². The highest BCUT2D eigenvalue weighted by molar-refractivity contribution is 7.92. The molecule has 0 bridgehead atoms. The first-order chi connectivity index (χ1) is 20.0. The number of hydrogen-bond acceptors (Lipinski definition) is 4. The average molecular weight is 651 g/mol. The van der Waals surface area contributed by atoms with E-state index < -0.39 is 28.5 Å². The number of rotatable bonds is 10. The molecule has 0 aliphatic heterocycles. The highest BCUT2D eigenvalue weighted by atomic mass is 35.5. The first-order valence-corrected chi connectivity index (χ1v) is 16.4. The molecule has 7 nitrogen and oxygen atoms in total. The number of aryl methyl sites for hydroxylation is 1. The number of nitrogens with one attached hydrogen (secondary N) is 1. The van der Waals surface area contributed by atoms with E-state index in [0.717, 1.165) is 42.0 Å². The van der Waals surface area contributed by atoms with Gasteiger partial charge in [0.25, 0.3) is 10.0 Å². The minimum absolute atomic E-state index is 0.00714. The summed E-state index contributed by atoms with van der Waals surface area (Å²) in [5.74, 6) is -0.882. The Labute approximate surface area is 262 Å². The van der Waals surface area contributed by atoms with Crippen molar-refractivity contribution in [2.75, 3.05) is 10.8 Å². The van der Waals surface area contributed by atoms with Crippen molar-refractivity contribution >= 4 is 62.3 Å². The number of nitrogens with zero attached hydrogens (tertiary/aromatic N) is 2. The number of carbonyl (C=O) groups excluding carboxylic acids is 2. The Hall–Kier alpha value is -2.78. The summed E-state index contributed by atoms with van der Waals surface area (Å²) >= 11 is 18.8. The normalized spacial score (nSPS) is 14.7. The molecular weight excluding hydrogens is 617 g/mol. The predicted molar refractivity (Wildman–Crippen MR) is 169 cm³/mol. The molecule has 3 aromatic rings. The third kappa shape index (κ3) is 7.78. The van der Waals surface area contributed by atoms with Crippen molar-refractivity contribution in [1.82, 2.24) is 10.2 Å². The van der Waals surface area contributed by atoms with Gasteiger partial charge in [0, 0.05) is 17.6 Å². The number of carbonyl (C=O) groups is 2. The predicted octanol–water partition coefficient (Wildman–Crippen LogP) is 7.02. The molecule has 1 aliphatic rings. The van der Waals surface area contributed by atoms with Crippen LogP contribution >= 0.6 is 34.8 Å². The van der Waals surface area contributed by atoms with E-state index in [0.29, 0.717) is 10.6 Å². The molecule has 0 aromatic heterocycles. The zero-order valence-corrected chi connectivity index (χ0v) is 26.6. The van der Waals surface area contributed by atoms with Crippen molar-refractivity contribution < 1.29 is 18.0 Å². The molecule has 0 spiro atoms. The van der Waals surface area contributed by atoms with Crippen LogP contribution in [0.1, 0.15) is 50.2 Å². The molecule has 11 heteroatoms. The smallest absolute Gasteiger partial charge is 0.264 e. The minimum atomic E-state index is -4.22. The Bertz CT molecular complexity index is 1530. The topological polar surface area (TPSA) is 86.8 Å². The molecule has 2 amide bonds. The Kier molecular flexibility index (Phi) is 10.8. The van der Waals surface area contributed by atoms with E-state index in [2.05, 4.69) is 5.32 Å². The van der Waals surface area contributed by atoms with Gasteiger partial charge in [-0.25, -0.2) is 8.42 Å². The van der Waals surface area contributed by atoms with Crippen LogP contribution in [0, 0.1) is 6.92 Å². The zero-order valence-electron chi connectivity index (χ0n) is 23.5. The lowest BCUT2D eigenvalue weighted by atomic mass is 9.95. The third-order valence-electron chi connectivity index (χ3n) is 7.50. The van der Waals surface area contributed by atoms with Gasteiger partial charge in [0.2, 0.25) is 11.8 Å². The molecule has 42 heavy (non-hydrogen) atoms. The average Bonchev–Trinajstić information content (AvgIpc) is 2.97. The van der Waals surface area contributed by atoms with E-state index in [1.54, 1.807) is 43.3 Å². The molecule has 0 radical (unpaired) electrons. The second kappa shape index (κ2) is 14.1. The van der Waals surface area contributed by atoms with Gasteiger partial charge in [0.1, 0.15) is 12.6 Å². The maximum Gasteiger partial charge on any atom is 0.264 e. The molecule has 1 saturated carbocycles. The second-order valence-corrected chi connectivity index (χ2v) is 13.6. The van der Waals surface area contributed by atoms with E-state index in [1.165, 1.54) is 35.2 Å². The Morgan fingerprint density at radius 3 is 2.21 bits per heavy atom. The Morgan fingerprint density at radius 2 is 1.57 bits per heavy atom. The molecule has 1 fully saturated rings. The quantitative estimate of drug-likeness (QED) is 0.256. The monoisotopic (exact) mass is 649 g/mol. The van der Waals surface area contributed by atoms with Gasteiger partial charge in [-0.15, -0.1) is 0 Å². The molecule has 4 rings (SSSR count). The summed E-state index contributed by atoms with van der Waals surface area (Å²) in [5, 5.41) is 3.90. The van der Waals surface area contributed by atoms with Crippen LogP contribution < -0.4 is 9.62 Å². The van der Waals surface area contributed by atoms with Crippen LogP contribution in [0.4, 0.5) is 5.69 Å². The summed E-state index contributed by atoms with van der Waals surface area (Å²) in [5.41, 5.74) is 1.68. The van der Waals surface area contributed by atoms with Gasteiger partial charge >= 0.3 is 0 Å². The maximum absolute atomic E-state index is 14.1. The largest absolute Gasteiger partial charge is 0.352 e. The molecule has 1 aliphatic carbocycles. The van der Waals surface area contributed by atoms with Crippen LogP contribution in [-0.2, 0) is 26.2 Å². The summed E-state index contributed by atoms with van der Waals surface area (Å²) in [6.07, 6.45) is 4.99. The lowest BCUT2D eigenvalue weighted by molar-refractivity contribution is -0.139. The first-order valence-electron chi connectivity index (χ1n) is 13.8. The number of benzene rings is 3. The van der Waals surface area contributed by atoms with E-state index in [-0.39, 0.29) is 39.1 Å². The summed E-state index contributed by atoms with van der Waals surface area (Å²) in [7, 11) is -4.22. The van der Waals surface area contributed by atoms with Crippen molar-refractivity contribution in [3.05, 3.63) is 92.9 Å². The van der Waals surface area contributed by atoms with Crippen molar-refractivity contribution in [1.29, 1.82) is 0 Å². The van der Waals surface area contributed by atoms with E-state index in [1.807, 2.05) is 6.92 Å². The summed E-state index contributed by atoms with van der Waals surface area (Å²) in [4.78, 5) is 28.9. The summed E-state index contributed by atoms with van der Waals surface area (Å²) < 4.78 is 28.9. The number of sulfonamides is 1. The zero-order chi connectivity index (χ0) is 30.4. The van der Waals surface area contributed by atoms with Crippen molar-refractivity contribution in [3.63, 3.8) is 0 Å². The van der Waals surface area contributed by atoms with Crippen LogP contribution in [0.5, 0.6) is 0 Å². The SMILES string of the molecule is Cc1ccc(S(=O)(=O)N(CC(=O)N(Cc2ccccc2Cl)C(C)C(=O)NC2CCCCC2)c2ccc(Cl)c(Cl)c2)cc1. The van der Waals surface area contributed by atoms with Crippen LogP contribution in [0.25, 0.3) is 0 Å². The lowest BCUT2D eigenvalue weighted by Crippen LogP contribution is -2.53. The van der Waals surface area contributed by atoms with Gasteiger partial charge in [-0.05, 0) is 68.7 Å². The molecule has 1 atom stereocenters. The summed E-state index contributed by atoms with van der Waals surface area (Å²) in [6, 6.07) is 16.9. The standard InChI is InChI=1S/C31H34Cl3N3O4S/c1-21-12-15-26(16-13-21)42(40,41)37(25-14-17-28(33)29(34)18-25)20-30(38)36(19-23-8-6-7-11-27(23)32)22(2)31(39)35-24-9-4-3-5-10-24/h6-8,11-18,22,24H,3-5,9-10,19-20H2,1-2H3,(H,35,39). The van der Waals surface area contributed by atoms with Crippen molar-refractivity contribution in [2.24, 2.45) is 0 Å². The van der Waals surface area contributed by atoms with E-state index in [4.69, 9.17) is 34.8 Å². The minimum Gasteiger partial charge on any atom is -0.352 e. The number of anilines is 1. The maximum atomic E-state index is 14.1. The van der Waals surface area contributed by atoms with Crippen molar-refractivity contribution in [3.8, 4) is 0 Å². The fraction of sp³-hybridized carbons (Fsp3) is 0.355. The molecular formula is C31H34Cl3N3O4S. The highest BCUT2D eigenvalue weighted by Crippen LogP contribution is 2.31. The van der Waals surface area contributed by atoms with Crippen LogP contribution in [0.3, 0.4) is 0 Å². The van der Waals surface area contributed by atoms with E-state index >= 15 is 0 Å². The van der Waals surface area contributed by atoms with E-state index in [9.17, 15) is 18.0 Å². The number of halogens is 3. The number of hydrogen-bond donors (Lipinski definition) is 1. The highest BCUT2D eigenvalue weighted by Gasteiger charge is 2.33. The molecule has 0 saturated heterocycles. The molecule has 1 N–H and O–H groups in total.